The molecular formula is C16H14F3NO2S. The van der Waals surface area contributed by atoms with Gasteiger partial charge in [0.25, 0.3) is 0 Å². The molecule has 1 saturated heterocycles. The van der Waals surface area contributed by atoms with Gasteiger partial charge >= 0.3 is 0 Å². The molecule has 1 aliphatic rings. The van der Waals surface area contributed by atoms with Gasteiger partial charge in [-0.25, -0.2) is 21.6 Å². The van der Waals surface area contributed by atoms with E-state index in [1.807, 2.05) is 0 Å². The van der Waals surface area contributed by atoms with Gasteiger partial charge in [0.05, 0.1) is 6.04 Å². The van der Waals surface area contributed by atoms with Crippen LogP contribution >= 0.6 is 0 Å². The van der Waals surface area contributed by atoms with Crippen molar-refractivity contribution in [2.24, 2.45) is 0 Å². The normalized spacial score (nSPS) is 19.2. The van der Waals surface area contributed by atoms with E-state index in [0.717, 1.165) is 16.4 Å². The fourth-order valence-corrected chi connectivity index (χ4v) is 4.61. The first kappa shape index (κ1) is 16.0. The van der Waals surface area contributed by atoms with Crippen molar-refractivity contribution in [1.29, 1.82) is 0 Å². The molecule has 7 heteroatoms. The highest BCUT2D eigenvalue weighted by Gasteiger charge is 2.37. The molecule has 2 aromatic carbocycles. The van der Waals surface area contributed by atoms with Crippen molar-refractivity contribution < 1.29 is 21.6 Å². The van der Waals surface area contributed by atoms with Crippen molar-refractivity contribution in [1.82, 2.24) is 4.31 Å². The molecule has 0 N–H and O–H groups in total. The van der Waals surface area contributed by atoms with Crippen molar-refractivity contribution >= 4 is 10.0 Å². The second kappa shape index (κ2) is 5.98. The first-order valence-corrected chi connectivity index (χ1v) is 8.56. The SMILES string of the molecule is O=S(=O)(c1cc(F)ccc1F)N1CCC[C@H]1c1ccc(F)cc1. The van der Waals surface area contributed by atoms with E-state index in [1.54, 1.807) is 0 Å². The van der Waals surface area contributed by atoms with E-state index < -0.39 is 38.4 Å². The quantitative estimate of drug-likeness (QED) is 0.855. The number of nitrogens with zero attached hydrogens (tertiary/aromatic N) is 1. The lowest BCUT2D eigenvalue weighted by atomic mass is 10.1. The van der Waals surface area contributed by atoms with Gasteiger partial charge in [0, 0.05) is 6.54 Å². The molecule has 1 fully saturated rings. The Morgan fingerprint density at radius 3 is 2.30 bits per heavy atom. The van der Waals surface area contributed by atoms with Gasteiger partial charge in [-0.1, -0.05) is 12.1 Å². The van der Waals surface area contributed by atoms with Crippen LogP contribution in [-0.2, 0) is 10.0 Å². The Morgan fingerprint density at radius 1 is 0.957 bits per heavy atom. The molecule has 0 radical (unpaired) electrons. The summed E-state index contributed by atoms with van der Waals surface area (Å²) < 4.78 is 66.8. The largest absolute Gasteiger partial charge is 0.246 e. The Hall–Kier alpha value is -1.86. The van der Waals surface area contributed by atoms with Crippen LogP contribution in [0.4, 0.5) is 13.2 Å². The van der Waals surface area contributed by atoms with E-state index in [4.69, 9.17) is 0 Å². The molecule has 0 amide bonds. The lowest BCUT2D eigenvalue weighted by Gasteiger charge is -2.24. The summed E-state index contributed by atoms with van der Waals surface area (Å²) in [7, 11) is -4.17. The predicted molar refractivity (Wildman–Crippen MR) is 78.6 cm³/mol. The topological polar surface area (TPSA) is 37.4 Å². The lowest BCUT2D eigenvalue weighted by Crippen LogP contribution is -2.31. The van der Waals surface area contributed by atoms with E-state index in [1.165, 1.54) is 24.3 Å². The summed E-state index contributed by atoms with van der Waals surface area (Å²) in [4.78, 5) is -0.675. The molecule has 122 valence electrons. The van der Waals surface area contributed by atoms with E-state index >= 15 is 0 Å². The summed E-state index contributed by atoms with van der Waals surface area (Å²) in [6.07, 6.45) is 1.14. The third kappa shape index (κ3) is 2.98. The van der Waals surface area contributed by atoms with Crippen LogP contribution in [0.3, 0.4) is 0 Å². The van der Waals surface area contributed by atoms with Gasteiger partial charge < -0.3 is 0 Å². The highest BCUT2D eigenvalue weighted by atomic mass is 32.2. The molecule has 1 aliphatic heterocycles. The van der Waals surface area contributed by atoms with Crippen molar-refractivity contribution in [2.45, 2.75) is 23.8 Å². The van der Waals surface area contributed by atoms with Crippen LogP contribution in [0.25, 0.3) is 0 Å². The van der Waals surface area contributed by atoms with Crippen molar-refractivity contribution in [3.05, 3.63) is 65.5 Å². The van der Waals surface area contributed by atoms with Crippen LogP contribution in [0.2, 0.25) is 0 Å². The smallest absolute Gasteiger partial charge is 0.207 e. The van der Waals surface area contributed by atoms with Crippen molar-refractivity contribution in [3.63, 3.8) is 0 Å². The van der Waals surface area contributed by atoms with Gasteiger partial charge in [0.15, 0.2) is 0 Å². The van der Waals surface area contributed by atoms with Crippen LogP contribution in [0, 0.1) is 17.5 Å². The van der Waals surface area contributed by atoms with Gasteiger partial charge in [0.1, 0.15) is 22.3 Å². The maximum atomic E-state index is 13.9. The number of hydrogen-bond acceptors (Lipinski definition) is 2. The predicted octanol–water partition coefficient (Wildman–Crippen LogP) is 3.63. The minimum atomic E-state index is -4.17. The summed E-state index contributed by atoms with van der Waals surface area (Å²) in [6, 6.07) is 7.36. The van der Waals surface area contributed by atoms with Crippen LogP contribution in [0.1, 0.15) is 24.4 Å². The minimum absolute atomic E-state index is 0.209. The zero-order valence-corrected chi connectivity index (χ0v) is 12.9. The first-order chi connectivity index (χ1) is 10.9. The average molecular weight is 341 g/mol. The molecule has 2 aromatic rings. The molecule has 1 heterocycles. The van der Waals surface area contributed by atoms with Gasteiger partial charge in [0.2, 0.25) is 10.0 Å². The van der Waals surface area contributed by atoms with Gasteiger partial charge in [-0.2, -0.15) is 4.31 Å². The third-order valence-electron chi connectivity index (χ3n) is 3.94. The molecule has 0 bridgehead atoms. The number of benzene rings is 2. The van der Waals surface area contributed by atoms with Gasteiger partial charge in [-0.05, 0) is 48.7 Å². The molecule has 0 aromatic heterocycles. The summed E-state index contributed by atoms with van der Waals surface area (Å²) >= 11 is 0. The molecule has 23 heavy (non-hydrogen) atoms. The van der Waals surface area contributed by atoms with E-state index in [9.17, 15) is 21.6 Å². The summed E-state index contributed by atoms with van der Waals surface area (Å²) in [5.74, 6) is -2.23. The second-order valence-corrected chi connectivity index (χ2v) is 7.26. The average Bonchev–Trinajstić information content (AvgIpc) is 3.00. The maximum absolute atomic E-state index is 13.9. The van der Waals surface area contributed by atoms with E-state index in [2.05, 4.69) is 0 Å². The Balaban J connectivity index is 2.01. The fraction of sp³-hybridized carbons (Fsp3) is 0.250. The van der Waals surface area contributed by atoms with Crippen molar-refractivity contribution in [2.75, 3.05) is 6.54 Å². The number of rotatable bonds is 3. The number of halogens is 3. The van der Waals surface area contributed by atoms with Gasteiger partial charge in [-0.15, -0.1) is 0 Å². The van der Waals surface area contributed by atoms with Crippen molar-refractivity contribution in [3.8, 4) is 0 Å². The Morgan fingerprint density at radius 2 is 1.61 bits per heavy atom. The maximum Gasteiger partial charge on any atom is 0.246 e. The zero-order chi connectivity index (χ0) is 16.6. The highest BCUT2D eigenvalue weighted by molar-refractivity contribution is 7.89. The summed E-state index contributed by atoms with van der Waals surface area (Å²) in [6.45, 7) is 0.209. The molecule has 0 unspecified atom stereocenters. The Bertz CT molecular complexity index is 822. The van der Waals surface area contributed by atoms with Gasteiger partial charge in [-0.3, -0.25) is 0 Å². The van der Waals surface area contributed by atoms with Crippen LogP contribution in [0.15, 0.2) is 47.4 Å². The molecule has 0 aliphatic carbocycles. The Kier molecular flexibility index (Phi) is 4.16. The van der Waals surface area contributed by atoms with Crippen LogP contribution < -0.4 is 0 Å². The van der Waals surface area contributed by atoms with E-state index in [-0.39, 0.29) is 6.54 Å². The minimum Gasteiger partial charge on any atom is -0.207 e. The molecule has 3 nitrogen and oxygen atoms in total. The highest BCUT2D eigenvalue weighted by Crippen LogP contribution is 2.37. The molecular weight excluding hydrogens is 327 g/mol. The first-order valence-electron chi connectivity index (χ1n) is 7.12. The molecule has 3 rings (SSSR count). The summed E-state index contributed by atoms with van der Waals surface area (Å²) in [5, 5.41) is 0. The number of sulfonamides is 1. The fourth-order valence-electron chi connectivity index (χ4n) is 2.85. The molecule has 0 spiro atoms. The lowest BCUT2D eigenvalue weighted by molar-refractivity contribution is 0.392. The van der Waals surface area contributed by atoms with E-state index in [0.29, 0.717) is 24.5 Å². The Labute approximate surface area is 132 Å². The number of hydrogen-bond donors (Lipinski definition) is 0. The van der Waals surface area contributed by atoms with Crippen LogP contribution in [0.5, 0.6) is 0 Å². The summed E-state index contributed by atoms with van der Waals surface area (Å²) in [5.41, 5.74) is 0.629. The second-order valence-electron chi connectivity index (χ2n) is 5.40. The zero-order valence-electron chi connectivity index (χ0n) is 12.0. The van der Waals surface area contributed by atoms with Crippen LogP contribution in [-0.4, -0.2) is 19.3 Å². The third-order valence-corrected chi connectivity index (χ3v) is 5.86. The standard InChI is InChI=1S/C16H14F3NO2S/c17-12-5-3-11(4-6-12)15-2-1-9-20(15)23(21,22)16-10-13(18)7-8-14(16)19/h3-8,10,15H,1-2,9H2/t15-/m0/s1. The molecule has 1 atom stereocenters. The molecule has 0 saturated carbocycles. The monoisotopic (exact) mass is 341 g/mol.